The molecule has 1 aliphatic rings. The zero-order valence-electron chi connectivity index (χ0n) is 12.7. The third-order valence-corrected chi connectivity index (χ3v) is 4.51. The first-order valence-electron chi connectivity index (χ1n) is 7.71. The minimum atomic E-state index is -4.14. The van der Waals surface area contributed by atoms with Crippen LogP contribution in [-0.4, -0.2) is 22.1 Å². The highest BCUT2D eigenvalue weighted by molar-refractivity contribution is 5.97. The zero-order valence-corrected chi connectivity index (χ0v) is 12.7. The average Bonchev–Trinajstić information content (AvgIpc) is 2.54. The van der Waals surface area contributed by atoms with Crippen molar-refractivity contribution >= 4 is 22.3 Å². The van der Waals surface area contributed by atoms with Crippen LogP contribution < -0.4 is 5.32 Å². The molecule has 3 rings (SSSR count). The summed E-state index contributed by atoms with van der Waals surface area (Å²) in [6.07, 6.45) is -1.69. The number of nitrogens with one attached hydrogen (secondary N) is 1. The summed E-state index contributed by atoms with van der Waals surface area (Å²) >= 11 is 0. The minimum absolute atomic E-state index is 0.0151. The molecule has 0 radical (unpaired) electrons. The SMILES string of the molecule is O=[N+]([O-])c1cccc2c(NC3CCC(C(F)(F)F)CC3)nccc12. The third kappa shape index (κ3) is 3.27. The number of pyridine rings is 1. The van der Waals surface area contributed by atoms with Gasteiger partial charge in [0.05, 0.1) is 16.2 Å². The van der Waals surface area contributed by atoms with Crippen LogP contribution in [0.5, 0.6) is 0 Å². The molecule has 0 saturated heterocycles. The average molecular weight is 339 g/mol. The summed E-state index contributed by atoms with van der Waals surface area (Å²) < 4.78 is 38.2. The van der Waals surface area contributed by atoms with E-state index in [0.717, 1.165) is 0 Å². The number of nitrogens with zero attached hydrogens (tertiary/aromatic N) is 2. The van der Waals surface area contributed by atoms with Crippen LogP contribution in [0.4, 0.5) is 24.7 Å². The highest BCUT2D eigenvalue weighted by Gasteiger charge is 2.41. The van der Waals surface area contributed by atoms with Gasteiger partial charge >= 0.3 is 6.18 Å². The Balaban J connectivity index is 1.80. The Morgan fingerprint density at radius 1 is 1.12 bits per heavy atom. The molecule has 0 spiro atoms. The molecule has 8 heteroatoms. The summed E-state index contributed by atoms with van der Waals surface area (Å²) in [4.78, 5) is 14.9. The molecule has 1 N–H and O–H groups in total. The van der Waals surface area contributed by atoms with E-state index in [-0.39, 0.29) is 24.6 Å². The lowest BCUT2D eigenvalue weighted by molar-refractivity contribution is -0.383. The van der Waals surface area contributed by atoms with Gasteiger partial charge in [0.1, 0.15) is 5.82 Å². The normalized spacial score (nSPS) is 21.6. The second kappa shape index (κ2) is 6.26. The monoisotopic (exact) mass is 339 g/mol. The van der Waals surface area contributed by atoms with E-state index in [2.05, 4.69) is 10.3 Å². The standard InChI is InChI=1S/C16H16F3N3O2/c17-16(18,19)10-4-6-11(7-5-10)21-15-13-2-1-3-14(22(23)24)12(13)8-9-20-15/h1-3,8-11H,4-7H2,(H,20,21). The Hall–Kier alpha value is -2.38. The molecular weight excluding hydrogens is 323 g/mol. The van der Waals surface area contributed by atoms with Crippen LogP contribution in [0.15, 0.2) is 30.5 Å². The number of halogens is 3. The lowest BCUT2D eigenvalue weighted by Gasteiger charge is -2.30. The van der Waals surface area contributed by atoms with Gasteiger partial charge < -0.3 is 5.32 Å². The van der Waals surface area contributed by atoms with E-state index in [4.69, 9.17) is 0 Å². The van der Waals surface area contributed by atoms with Crippen molar-refractivity contribution in [3.63, 3.8) is 0 Å². The molecule has 2 aromatic rings. The summed E-state index contributed by atoms with van der Waals surface area (Å²) in [5, 5.41) is 15.3. The molecule has 1 aromatic carbocycles. The van der Waals surface area contributed by atoms with Crippen LogP contribution in [-0.2, 0) is 0 Å². The summed E-state index contributed by atoms with van der Waals surface area (Å²) in [6.45, 7) is 0. The van der Waals surface area contributed by atoms with E-state index in [1.165, 1.54) is 12.3 Å². The second-order valence-electron chi connectivity index (χ2n) is 6.02. The topological polar surface area (TPSA) is 68.1 Å². The van der Waals surface area contributed by atoms with Crippen molar-refractivity contribution < 1.29 is 18.1 Å². The van der Waals surface area contributed by atoms with Gasteiger partial charge in [-0.3, -0.25) is 10.1 Å². The number of anilines is 1. The van der Waals surface area contributed by atoms with Crippen LogP contribution in [0.3, 0.4) is 0 Å². The molecule has 1 fully saturated rings. The van der Waals surface area contributed by atoms with E-state index in [0.29, 0.717) is 29.4 Å². The molecular formula is C16H16F3N3O2. The number of alkyl halides is 3. The number of non-ortho nitro benzene ring substituents is 1. The van der Waals surface area contributed by atoms with Gasteiger partial charge in [0.15, 0.2) is 0 Å². The first-order chi connectivity index (χ1) is 11.4. The van der Waals surface area contributed by atoms with Crippen molar-refractivity contribution in [1.29, 1.82) is 0 Å². The fourth-order valence-electron chi connectivity index (χ4n) is 3.22. The zero-order chi connectivity index (χ0) is 17.3. The summed E-state index contributed by atoms with van der Waals surface area (Å²) in [5.74, 6) is -0.760. The maximum absolute atomic E-state index is 12.7. The highest BCUT2D eigenvalue weighted by Crippen LogP contribution is 2.38. The maximum Gasteiger partial charge on any atom is 0.391 e. The van der Waals surface area contributed by atoms with Crippen molar-refractivity contribution in [3.8, 4) is 0 Å². The Kier molecular flexibility index (Phi) is 4.29. The quantitative estimate of drug-likeness (QED) is 0.651. The van der Waals surface area contributed by atoms with Crippen molar-refractivity contribution in [2.45, 2.75) is 37.9 Å². The number of nitro benzene ring substituents is 1. The van der Waals surface area contributed by atoms with Crippen molar-refractivity contribution in [1.82, 2.24) is 4.98 Å². The Morgan fingerprint density at radius 3 is 2.46 bits per heavy atom. The lowest BCUT2D eigenvalue weighted by atomic mass is 9.85. The molecule has 0 aliphatic heterocycles. The fourth-order valence-corrected chi connectivity index (χ4v) is 3.22. The van der Waals surface area contributed by atoms with Gasteiger partial charge in [-0.2, -0.15) is 13.2 Å². The van der Waals surface area contributed by atoms with Crippen LogP contribution in [0.1, 0.15) is 25.7 Å². The molecule has 128 valence electrons. The largest absolute Gasteiger partial charge is 0.391 e. The van der Waals surface area contributed by atoms with Crippen molar-refractivity contribution in [3.05, 3.63) is 40.6 Å². The van der Waals surface area contributed by atoms with Gasteiger partial charge in [-0.05, 0) is 31.7 Å². The van der Waals surface area contributed by atoms with E-state index in [1.54, 1.807) is 18.2 Å². The Labute approximate surface area is 136 Å². The van der Waals surface area contributed by atoms with E-state index < -0.39 is 17.0 Å². The van der Waals surface area contributed by atoms with Gasteiger partial charge in [0, 0.05) is 23.7 Å². The molecule has 5 nitrogen and oxygen atoms in total. The van der Waals surface area contributed by atoms with E-state index >= 15 is 0 Å². The molecule has 0 amide bonds. The van der Waals surface area contributed by atoms with Crippen molar-refractivity contribution in [2.75, 3.05) is 5.32 Å². The molecule has 0 bridgehead atoms. The first kappa shape index (κ1) is 16.5. The molecule has 24 heavy (non-hydrogen) atoms. The number of rotatable bonds is 3. The van der Waals surface area contributed by atoms with E-state index in [1.807, 2.05) is 0 Å². The first-order valence-corrected chi connectivity index (χ1v) is 7.71. The minimum Gasteiger partial charge on any atom is -0.367 e. The predicted molar refractivity (Wildman–Crippen MR) is 83.8 cm³/mol. The summed E-state index contributed by atoms with van der Waals surface area (Å²) in [6, 6.07) is 6.17. The molecule has 1 aromatic heterocycles. The van der Waals surface area contributed by atoms with E-state index in [9.17, 15) is 23.3 Å². The molecule has 0 unspecified atom stereocenters. The molecule has 1 aliphatic carbocycles. The van der Waals surface area contributed by atoms with Gasteiger partial charge in [-0.15, -0.1) is 0 Å². The lowest BCUT2D eigenvalue weighted by Crippen LogP contribution is -2.33. The van der Waals surface area contributed by atoms with Gasteiger partial charge in [-0.1, -0.05) is 12.1 Å². The Bertz CT molecular complexity index is 756. The molecule has 1 saturated carbocycles. The summed E-state index contributed by atoms with van der Waals surface area (Å²) in [7, 11) is 0. The molecule has 0 atom stereocenters. The van der Waals surface area contributed by atoms with Crippen molar-refractivity contribution in [2.24, 2.45) is 5.92 Å². The third-order valence-electron chi connectivity index (χ3n) is 4.51. The second-order valence-corrected chi connectivity index (χ2v) is 6.02. The number of hydrogen-bond donors (Lipinski definition) is 1. The number of nitro groups is 1. The smallest absolute Gasteiger partial charge is 0.367 e. The number of fused-ring (bicyclic) bond motifs is 1. The molecule has 1 heterocycles. The highest BCUT2D eigenvalue weighted by atomic mass is 19.4. The van der Waals surface area contributed by atoms with Gasteiger partial charge in [0.25, 0.3) is 5.69 Å². The van der Waals surface area contributed by atoms with Crippen LogP contribution in [0, 0.1) is 16.0 Å². The number of benzene rings is 1. The summed E-state index contributed by atoms with van der Waals surface area (Å²) in [5.41, 5.74) is -0.0151. The Morgan fingerprint density at radius 2 is 1.83 bits per heavy atom. The van der Waals surface area contributed by atoms with Crippen LogP contribution in [0.25, 0.3) is 10.8 Å². The fraction of sp³-hybridized carbons (Fsp3) is 0.438. The van der Waals surface area contributed by atoms with Gasteiger partial charge in [-0.25, -0.2) is 4.98 Å². The number of aromatic nitrogens is 1. The van der Waals surface area contributed by atoms with Gasteiger partial charge in [0.2, 0.25) is 0 Å². The van der Waals surface area contributed by atoms with Crippen LogP contribution in [0.2, 0.25) is 0 Å². The van der Waals surface area contributed by atoms with Crippen LogP contribution >= 0.6 is 0 Å². The number of hydrogen-bond acceptors (Lipinski definition) is 4. The predicted octanol–water partition coefficient (Wildman–Crippen LogP) is 4.68. The maximum atomic E-state index is 12.7.